The first-order chi connectivity index (χ1) is 12.7. The minimum Gasteiger partial charge on any atom is -0.308 e. The molecule has 1 aliphatic heterocycles. The summed E-state index contributed by atoms with van der Waals surface area (Å²) in [6.07, 6.45) is 3.75. The smallest absolute Gasteiger partial charge is 0.258 e. The predicted molar refractivity (Wildman–Crippen MR) is 105 cm³/mol. The van der Waals surface area contributed by atoms with Crippen molar-refractivity contribution in [2.24, 2.45) is 0 Å². The largest absolute Gasteiger partial charge is 0.308 e. The number of carbonyl (C=O) groups excluding carboxylic acids is 1. The molecule has 0 atom stereocenters. The topological polar surface area (TPSA) is 46.1 Å². The number of rotatable bonds is 3. The first-order valence-corrected chi connectivity index (χ1v) is 9.40. The van der Waals surface area contributed by atoms with Crippen LogP contribution in [-0.2, 0) is 19.3 Å². The van der Waals surface area contributed by atoms with Gasteiger partial charge in [0.15, 0.2) is 0 Å². The van der Waals surface area contributed by atoms with Gasteiger partial charge in [0.2, 0.25) is 0 Å². The van der Waals surface area contributed by atoms with E-state index in [-0.39, 0.29) is 5.91 Å². The Hall–Kier alpha value is -2.75. The maximum absolute atomic E-state index is 13.2. The zero-order valence-corrected chi connectivity index (χ0v) is 15.3. The number of hydrogen-bond donors (Lipinski definition) is 0. The standard InChI is InChI=1S/C22H23N3O/c1-3-17-18(4-2)24-20-14-16(11-12-19(20)23-17)22(26)25-13-7-9-15-8-5-6-10-21(15)25/h5-6,8,10-12,14H,3-4,7,9,13H2,1-2H3. The van der Waals surface area contributed by atoms with E-state index in [2.05, 4.69) is 19.9 Å². The Morgan fingerprint density at radius 1 is 1.00 bits per heavy atom. The summed E-state index contributed by atoms with van der Waals surface area (Å²) in [7, 11) is 0. The highest BCUT2D eigenvalue weighted by molar-refractivity contribution is 6.08. The SMILES string of the molecule is CCc1nc2ccc(C(=O)N3CCCc4ccccc43)cc2nc1CC. The molecule has 1 amide bonds. The first kappa shape index (κ1) is 16.7. The van der Waals surface area contributed by atoms with E-state index in [1.165, 1.54) is 5.56 Å². The quantitative estimate of drug-likeness (QED) is 0.709. The van der Waals surface area contributed by atoms with Gasteiger partial charge >= 0.3 is 0 Å². The second-order valence-corrected chi connectivity index (χ2v) is 6.72. The molecule has 0 aliphatic carbocycles. The van der Waals surface area contributed by atoms with Crippen LogP contribution < -0.4 is 4.90 Å². The molecule has 0 saturated heterocycles. The highest BCUT2D eigenvalue weighted by atomic mass is 16.2. The summed E-state index contributed by atoms with van der Waals surface area (Å²) in [4.78, 5) is 24.5. The van der Waals surface area contributed by atoms with Crippen molar-refractivity contribution in [3.05, 3.63) is 65.0 Å². The van der Waals surface area contributed by atoms with Gasteiger partial charge in [-0.15, -0.1) is 0 Å². The number of anilines is 1. The van der Waals surface area contributed by atoms with E-state index < -0.39 is 0 Å². The van der Waals surface area contributed by atoms with Gasteiger partial charge in [-0.25, -0.2) is 9.97 Å². The Balaban J connectivity index is 1.74. The Bertz CT molecular complexity index is 980. The molecule has 26 heavy (non-hydrogen) atoms. The molecule has 0 saturated carbocycles. The van der Waals surface area contributed by atoms with Gasteiger partial charge in [0.05, 0.1) is 22.4 Å². The van der Waals surface area contributed by atoms with E-state index in [1.54, 1.807) is 0 Å². The lowest BCUT2D eigenvalue weighted by atomic mass is 10.0. The van der Waals surface area contributed by atoms with Crippen LogP contribution in [0.25, 0.3) is 11.0 Å². The van der Waals surface area contributed by atoms with Gasteiger partial charge in [0, 0.05) is 17.8 Å². The summed E-state index contributed by atoms with van der Waals surface area (Å²) in [5, 5.41) is 0. The minimum atomic E-state index is 0.0402. The van der Waals surface area contributed by atoms with Gasteiger partial charge in [-0.05, 0) is 55.5 Å². The maximum atomic E-state index is 13.2. The highest BCUT2D eigenvalue weighted by Crippen LogP contribution is 2.28. The Morgan fingerprint density at radius 3 is 2.50 bits per heavy atom. The van der Waals surface area contributed by atoms with Crippen LogP contribution >= 0.6 is 0 Å². The minimum absolute atomic E-state index is 0.0402. The Kier molecular flexibility index (Phi) is 4.41. The zero-order chi connectivity index (χ0) is 18.1. The average Bonchev–Trinajstić information content (AvgIpc) is 2.71. The first-order valence-electron chi connectivity index (χ1n) is 9.40. The lowest BCUT2D eigenvalue weighted by Gasteiger charge is -2.29. The van der Waals surface area contributed by atoms with Crippen LogP contribution in [0.1, 0.15) is 47.6 Å². The molecule has 1 aromatic heterocycles. The van der Waals surface area contributed by atoms with E-state index in [4.69, 9.17) is 9.97 Å². The van der Waals surface area contributed by atoms with Crippen molar-refractivity contribution in [1.82, 2.24) is 9.97 Å². The summed E-state index contributed by atoms with van der Waals surface area (Å²) in [6, 6.07) is 13.9. The summed E-state index contributed by atoms with van der Waals surface area (Å²) in [5.41, 5.74) is 6.68. The number of aromatic nitrogens is 2. The van der Waals surface area contributed by atoms with Crippen molar-refractivity contribution in [3.8, 4) is 0 Å². The van der Waals surface area contributed by atoms with Crippen molar-refractivity contribution >= 4 is 22.6 Å². The van der Waals surface area contributed by atoms with Crippen LogP contribution in [0.3, 0.4) is 0 Å². The van der Waals surface area contributed by atoms with E-state index in [9.17, 15) is 4.79 Å². The highest BCUT2D eigenvalue weighted by Gasteiger charge is 2.23. The van der Waals surface area contributed by atoms with Crippen LogP contribution in [0.5, 0.6) is 0 Å². The molecule has 4 rings (SSSR count). The molecule has 0 N–H and O–H groups in total. The number of fused-ring (bicyclic) bond motifs is 2. The van der Waals surface area contributed by atoms with Crippen LogP contribution in [0, 0.1) is 0 Å². The molecule has 0 fully saturated rings. The van der Waals surface area contributed by atoms with Gasteiger partial charge in [-0.1, -0.05) is 32.0 Å². The summed E-state index contributed by atoms with van der Waals surface area (Å²) in [6.45, 7) is 4.95. The third-order valence-corrected chi connectivity index (χ3v) is 5.09. The number of amides is 1. The van der Waals surface area contributed by atoms with Gasteiger partial charge < -0.3 is 4.90 Å². The van der Waals surface area contributed by atoms with Crippen LogP contribution in [0.4, 0.5) is 5.69 Å². The Labute approximate surface area is 153 Å². The number of benzene rings is 2. The van der Waals surface area contributed by atoms with Crippen molar-refractivity contribution < 1.29 is 4.79 Å². The van der Waals surface area contributed by atoms with E-state index >= 15 is 0 Å². The van der Waals surface area contributed by atoms with Crippen molar-refractivity contribution in [2.45, 2.75) is 39.5 Å². The van der Waals surface area contributed by atoms with Crippen molar-refractivity contribution in [2.75, 3.05) is 11.4 Å². The number of nitrogens with zero attached hydrogens (tertiary/aromatic N) is 3. The molecule has 1 aliphatic rings. The Morgan fingerprint density at radius 2 is 1.73 bits per heavy atom. The lowest BCUT2D eigenvalue weighted by molar-refractivity contribution is 0.0985. The molecular weight excluding hydrogens is 322 g/mol. The predicted octanol–water partition coefficient (Wildman–Crippen LogP) is 4.35. The summed E-state index contributed by atoms with van der Waals surface area (Å²) in [5.74, 6) is 0.0402. The van der Waals surface area contributed by atoms with E-state index in [0.29, 0.717) is 5.56 Å². The van der Waals surface area contributed by atoms with E-state index in [0.717, 1.165) is 60.3 Å². The number of aryl methyl sites for hydroxylation is 3. The molecular formula is C22H23N3O. The monoisotopic (exact) mass is 345 g/mol. The fraction of sp³-hybridized carbons (Fsp3) is 0.318. The number of carbonyl (C=O) groups is 1. The molecule has 0 bridgehead atoms. The second kappa shape index (κ2) is 6.87. The molecule has 0 spiro atoms. The molecule has 3 aromatic rings. The molecule has 0 unspecified atom stereocenters. The molecule has 0 radical (unpaired) electrons. The third kappa shape index (κ3) is 2.85. The summed E-state index contributed by atoms with van der Waals surface area (Å²) < 4.78 is 0. The molecule has 132 valence electrons. The number of hydrogen-bond acceptors (Lipinski definition) is 3. The fourth-order valence-corrected chi connectivity index (χ4v) is 3.73. The van der Waals surface area contributed by atoms with Crippen molar-refractivity contribution in [3.63, 3.8) is 0 Å². The molecule has 2 heterocycles. The molecule has 4 heteroatoms. The van der Waals surface area contributed by atoms with Crippen molar-refractivity contribution in [1.29, 1.82) is 0 Å². The van der Waals surface area contributed by atoms with Crippen LogP contribution in [0.2, 0.25) is 0 Å². The van der Waals surface area contributed by atoms with Gasteiger partial charge in [-0.3, -0.25) is 4.79 Å². The van der Waals surface area contributed by atoms with Crippen LogP contribution in [-0.4, -0.2) is 22.4 Å². The number of para-hydroxylation sites is 1. The molecule has 2 aromatic carbocycles. The summed E-state index contributed by atoms with van der Waals surface area (Å²) >= 11 is 0. The van der Waals surface area contributed by atoms with Crippen LogP contribution in [0.15, 0.2) is 42.5 Å². The lowest BCUT2D eigenvalue weighted by Crippen LogP contribution is -2.35. The zero-order valence-electron chi connectivity index (χ0n) is 15.3. The van der Waals surface area contributed by atoms with Gasteiger partial charge in [-0.2, -0.15) is 0 Å². The maximum Gasteiger partial charge on any atom is 0.258 e. The van der Waals surface area contributed by atoms with Gasteiger partial charge in [0.25, 0.3) is 5.91 Å². The second-order valence-electron chi connectivity index (χ2n) is 6.72. The molecule has 4 nitrogen and oxygen atoms in total. The fourth-order valence-electron chi connectivity index (χ4n) is 3.73. The van der Waals surface area contributed by atoms with Gasteiger partial charge in [0.1, 0.15) is 0 Å². The average molecular weight is 345 g/mol. The normalized spacial score (nSPS) is 13.7. The third-order valence-electron chi connectivity index (χ3n) is 5.09. The van der Waals surface area contributed by atoms with E-state index in [1.807, 2.05) is 41.3 Å².